The lowest BCUT2D eigenvalue weighted by molar-refractivity contribution is -0.384. The van der Waals surface area contributed by atoms with Gasteiger partial charge in [-0.3, -0.25) is 19.8 Å². The number of ketones is 1. The Morgan fingerprint density at radius 3 is 2.48 bits per heavy atom. The summed E-state index contributed by atoms with van der Waals surface area (Å²) in [5.41, 5.74) is 1.43. The minimum atomic E-state index is -0.393. The average molecular weight is 395 g/mol. The molecule has 2 aliphatic heterocycles. The topological polar surface area (TPSA) is 75.9 Å². The van der Waals surface area contributed by atoms with E-state index in [2.05, 4.69) is 4.90 Å². The van der Waals surface area contributed by atoms with E-state index in [1.54, 1.807) is 36.4 Å². The molecule has 0 N–H and O–H groups in total. The van der Waals surface area contributed by atoms with Crippen LogP contribution in [-0.4, -0.2) is 61.0 Å². The van der Waals surface area contributed by atoms with E-state index >= 15 is 0 Å². The number of nitro groups is 1. The van der Waals surface area contributed by atoms with Gasteiger partial charge < -0.3 is 9.64 Å². The molecule has 2 heterocycles. The minimum Gasteiger partial charge on any atom is -0.377 e. The summed E-state index contributed by atoms with van der Waals surface area (Å²) >= 11 is 0. The third-order valence-corrected chi connectivity index (χ3v) is 5.67. The molecule has 0 amide bonds. The molecule has 0 aromatic heterocycles. The highest BCUT2D eigenvalue weighted by molar-refractivity contribution is 6.09. The number of ether oxygens (including phenoxy) is 1. The van der Waals surface area contributed by atoms with Gasteiger partial charge in [0, 0.05) is 56.5 Å². The van der Waals surface area contributed by atoms with E-state index in [0.29, 0.717) is 22.9 Å². The lowest BCUT2D eigenvalue weighted by Crippen LogP contribution is -2.48. The molecule has 2 aliphatic rings. The summed E-state index contributed by atoms with van der Waals surface area (Å²) in [7, 11) is 0. The lowest BCUT2D eigenvalue weighted by atomic mass is 10.0. The van der Waals surface area contributed by atoms with Gasteiger partial charge in [-0.25, -0.2) is 0 Å². The van der Waals surface area contributed by atoms with E-state index < -0.39 is 4.92 Å². The van der Waals surface area contributed by atoms with Gasteiger partial charge in [-0.2, -0.15) is 0 Å². The second-order valence-corrected chi connectivity index (χ2v) is 7.58. The summed E-state index contributed by atoms with van der Waals surface area (Å²) in [6.45, 7) is 4.92. The van der Waals surface area contributed by atoms with Crippen molar-refractivity contribution in [2.75, 3.05) is 44.2 Å². The fourth-order valence-electron chi connectivity index (χ4n) is 4.08. The van der Waals surface area contributed by atoms with Crippen LogP contribution in [0.25, 0.3) is 0 Å². The monoisotopic (exact) mass is 395 g/mol. The minimum absolute atomic E-state index is 0.0145. The summed E-state index contributed by atoms with van der Waals surface area (Å²) in [5, 5.41) is 11.7. The summed E-state index contributed by atoms with van der Waals surface area (Å²) < 4.78 is 5.71. The van der Waals surface area contributed by atoms with Crippen molar-refractivity contribution in [2.24, 2.45) is 0 Å². The number of piperazine rings is 1. The number of benzene rings is 2. The van der Waals surface area contributed by atoms with Crippen molar-refractivity contribution in [3.63, 3.8) is 0 Å². The van der Waals surface area contributed by atoms with Gasteiger partial charge in [0.25, 0.3) is 5.69 Å². The highest BCUT2D eigenvalue weighted by Gasteiger charge is 2.27. The first kappa shape index (κ1) is 19.5. The number of hydrogen-bond donors (Lipinski definition) is 0. The van der Waals surface area contributed by atoms with Crippen LogP contribution in [0, 0.1) is 10.1 Å². The van der Waals surface area contributed by atoms with Crippen molar-refractivity contribution >= 4 is 17.2 Å². The van der Waals surface area contributed by atoms with E-state index in [1.807, 2.05) is 11.0 Å². The summed E-state index contributed by atoms with van der Waals surface area (Å²) in [6.07, 6.45) is 2.56. The van der Waals surface area contributed by atoms with Crippen LogP contribution in [0.4, 0.5) is 11.4 Å². The molecule has 29 heavy (non-hydrogen) atoms. The maximum atomic E-state index is 12.7. The number of carbonyl (C=O) groups is 1. The fraction of sp³-hybridized carbons (Fsp3) is 0.409. The molecule has 2 aromatic carbocycles. The molecule has 2 saturated heterocycles. The van der Waals surface area contributed by atoms with E-state index in [1.165, 1.54) is 6.07 Å². The van der Waals surface area contributed by atoms with Crippen LogP contribution < -0.4 is 4.90 Å². The molecule has 1 atom stereocenters. The SMILES string of the molecule is O=C(c1ccccc1)c1ccc(N2CCN(CC3CCCO3)CC2)c([N+](=O)[O-])c1. The molecule has 7 heteroatoms. The number of hydrogen-bond acceptors (Lipinski definition) is 6. The van der Waals surface area contributed by atoms with Crippen LogP contribution >= 0.6 is 0 Å². The fourth-order valence-corrected chi connectivity index (χ4v) is 4.08. The highest BCUT2D eigenvalue weighted by Crippen LogP contribution is 2.31. The number of anilines is 1. The molecule has 0 saturated carbocycles. The van der Waals surface area contributed by atoms with Crippen molar-refractivity contribution in [3.8, 4) is 0 Å². The largest absolute Gasteiger partial charge is 0.377 e. The molecule has 0 bridgehead atoms. The van der Waals surface area contributed by atoms with Crippen molar-refractivity contribution in [1.29, 1.82) is 0 Å². The quantitative estimate of drug-likeness (QED) is 0.425. The smallest absolute Gasteiger partial charge is 0.293 e. The molecular formula is C22H25N3O4. The second-order valence-electron chi connectivity index (χ2n) is 7.58. The van der Waals surface area contributed by atoms with E-state index in [4.69, 9.17) is 4.74 Å². The van der Waals surface area contributed by atoms with Crippen molar-refractivity contribution < 1.29 is 14.5 Å². The van der Waals surface area contributed by atoms with Crippen LogP contribution in [-0.2, 0) is 4.74 Å². The van der Waals surface area contributed by atoms with Gasteiger partial charge in [-0.1, -0.05) is 30.3 Å². The maximum Gasteiger partial charge on any atom is 0.293 e. The zero-order valence-electron chi connectivity index (χ0n) is 16.3. The van der Waals surface area contributed by atoms with Crippen LogP contribution in [0.3, 0.4) is 0 Å². The Balaban J connectivity index is 1.47. The van der Waals surface area contributed by atoms with Gasteiger partial charge in [-0.15, -0.1) is 0 Å². The van der Waals surface area contributed by atoms with Crippen LogP contribution in [0.2, 0.25) is 0 Å². The first-order valence-corrected chi connectivity index (χ1v) is 10.1. The molecular weight excluding hydrogens is 370 g/mol. The zero-order chi connectivity index (χ0) is 20.2. The molecule has 2 aromatic rings. The summed E-state index contributed by atoms with van der Waals surface area (Å²) in [5.74, 6) is -0.207. The van der Waals surface area contributed by atoms with Gasteiger partial charge in [0.05, 0.1) is 11.0 Å². The Morgan fingerprint density at radius 1 is 1.07 bits per heavy atom. The van der Waals surface area contributed by atoms with E-state index in [0.717, 1.165) is 52.2 Å². The summed E-state index contributed by atoms with van der Waals surface area (Å²) in [4.78, 5) is 28.4. The maximum absolute atomic E-state index is 12.7. The Kier molecular flexibility index (Phi) is 5.87. The second kappa shape index (κ2) is 8.71. The third-order valence-electron chi connectivity index (χ3n) is 5.67. The van der Waals surface area contributed by atoms with E-state index in [9.17, 15) is 14.9 Å². The van der Waals surface area contributed by atoms with Crippen molar-refractivity contribution in [1.82, 2.24) is 4.90 Å². The molecule has 0 aliphatic carbocycles. The number of nitrogens with zero attached hydrogens (tertiary/aromatic N) is 3. The molecule has 0 spiro atoms. The Labute approximate surface area is 170 Å². The van der Waals surface area contributed by atoms with Crippen LogP contribution in [0.15, 0.2) is 48.5 Å². The van der Waals surface area contributed by atoms with Crippen LogP contribution in [0.5, 0.6) is 0 Å². The van der Waals surface area contributed by atoms with E-state index in [-0.39, 0.29) is 11.5 Å². The normalized spacial score (nSPS) is 20.0. The average Bonchev–Trinajstić information content (AvgIpc) is 3.27. The molecule has 7 nitrogen and oxygen atoms in total. The predicted octanol–water partition coefficient (Wildman–Crippen LogP) is 3.13. The number of nitro benzene ring substituents is 1. The molecule has 152 valence electrons. The summed E-state index contributed by atoms with van der Waals surface area (Å²) in [6, 6.07) is 13.6. The highest BCUT2D eigenvalue weighted by atomic mass is 16.6. The van der Waals surface area contributed by atoms with Crippen molar-refractivity contribution in [3.05, 3.63) is 69.8 Å². The van der Waals surface area contributed by atoms with Gasteiger partial charge in [0.15, 0.2) is 5.78 Å². The standard InChI is InChI=1S/C22H25N3O4/c26-22(17-5-2-1-3-6-17)18-8-9-20(21(15-18)25(27)28)24-12-10-23(11-13-24)16-19-7-4-14-29-19/h1-3,5-6,8-9,15,19H,4,7,10-14,16H2. The van der Waals surface area contributed by atoms with Gasteiger partial charge in [0.2, 0.25) is 0 Å². The Bertz CT molecular complexity index is 873. The van der Waals surface area contributed by atoms with Gasteiger partial charge in [0.1, 0.15) is 5.69 Å². The number of rotatable bonds is 6. The molecule has 4 rings (SSSR count). The number of carbonyl (C=O) groups excluding carboxylic acids is 1. The first-order chi connectivity index (χ1) is 14.1. The van der Waals surface area contributed by atoms with Gasteiger partial charge in [-0.05, 0) is 25.0 Å². The third kappa shape index (κ3) is 4.46. The first-order valence-electron chi connectivity index (χ1n) is 10.1. The van der Waals surface area contributed by atoms with Crippen LogP contribution in [0.1, 0.15) is 28.8 Å². The molecule has 2 fully saturated rings. The lowest BCUT2D eigenvalue weighted by Gasteiger charge is -2.36. The Hall–Kier alpha value is -2.77. The molecule has 1 unspecified atom stereocenters. The molecule has 0 radical (unpaired) electrons. The Morgan fingerprint density at radius 2 is 1.83 bits per heavy atom. The predicted molar refractivity (Wildman–Crippen MR) is 111 cm³/mol. The zero-order valence-corrected chi connectivity index (χ0v) is 16.3. The van der Waals surface area contributed by atoms with Gasteiger partial charge >= 0.3 is 0 Å². The van der Waals surface area contributed by atoms with Crippen molar-refractivity contribution in [2.45, 2.75) is 18.9 Å².